The third kappa shape index (κ3) is 3.18. The molecule has 1 fully saturated rings. The molecule has 92 valence electrons. The van der Waals surface area contributed by atoms with Crippen molar-refractivity contribution in [3.8, 4) is 0 Å². The lowest BCUT2D eigenvalue weighted by Crippen LogP contribution is -2.53. The molecule has 6 heteroatoms. The summed E-state index contributed by atoms with van der Waals surface area (Å²) in [5.41, 5.74) is 5.38. The molecule has 1 aliphatic rings. The zero-order valence-corrected chi connectivity index (χ0v) is 9.62. The average Bonchev–Trinajstić information content (AvgIpc) is 2.22. The van der Waals surface area contributed by atoms with Crippen molar-refractivity contribution in [2.24, 2.45) is 11.1 Å². The summed E-state index contributed by atoms with van der Waals surface area (Å²) in [6.07, 6.45) is 0. The van der Waals surface area contributed by atoms with E-state index < -0.39 is 17.9 Å². The third-order valence-electron chi connectivity index (χ3n) is 2.41. The minimum absolute atomic E-state index is 0.0377. The van der Waals surface area contributed by atoms with Crippen LogP contribution in [-0.2, 0) is 19.1 Å². The van der Waals surface area contributed by atoms with Crippen molar-refractivity contribution >= 4 is 11.9 Å². The number of esters is 1. The largest absolute Gasteiger partial charge is 0.464 e. The highest BCUT2D eigenvalue weighted by Gasteiger charge is 2.34. The molecule has 0 saturated carbocycles. The van der Waals surface area contributed by atoms with E-state index in [1.54, 1.807) is 6.92 Å². The number of ether oxygens (including phenoxy) is 2. The lowest BCUT2D eigenvalue weighted by molar-refractivity contribution is -0.148. The number of carbonyl (C=O) groups is 2. The number of nitrogens with one attached hydrogen (secondary N) is 1. The molecular weight excluding hydrogens is 212 g/mol. The van der Waals surface area contributed by atoms with Gasteiger partial charge in [-0.1, -0.05) is 6.92 Å². The van der Waals surface area contributed by atoms with Crippen molar-refractivity contribution in [2.75, 3.05) is 26.4 Å². The van der Waals surface area contributed by atoms with E-state index in [0.29, 0.717) is 19.8 Å². The van der Waals surface area contributed by atoms with Gasteiger partial charge in [0.2, 0.25) is 5.91 Å². The maximum absolute atomic E-state index is 11.5. The Labute approximate surface area is 94.5 Å². The fraction of sp³-hybridized carbons (Fsp3) is 0.800. The van der Waals surface area contributed by atoms with Crippen LogP contribution in [0.5, 0.6) is 0 Å². The molecule has 1 heterocycles. The van der Waals surface area contributed by atoms with Gasteiger partial charge in [-0.25, -0.2) is 4.79 Å². The quantitative estimate of drug-likeness (QED) is 0.468. The monoisotopic (exact) mass is 230 g/mol. The van der Waals surface area contributed by atoms with Crippen LogP contribution >= 0.6 is 0 Å². The van der Waals surface area contributed by atoms with E-state index in [1.807, 2.05) is 6.92 Å². The van der Waals surface area contributed by atoms with Crippen LogP contribution in [-0.4, -0.2) is 44.3 Å². The molecule has 1 saturated heterocycles. The molecule has 0 bridgehead atoms. The molecule has 1 amide bonds. The minimum Gasteiger partial charge on any atom is -0.464 e. The van der Waals surface area contributed by atoms with Gasteiger partial charge in [-0.05, 0) is 6.92 Å². The first kappa shape index (κ1) is 12.9. The van der Waals surface area contributed by atoms with Crippen LogP contribution < -0.4 is 11.1 Å². The number of rotatable bonds is 5. The average molecular weight is 230 g/mol. The van der Waals surface area contributed by atoms with E-state index in [0.717, 1.165) is 0 Å². The van der Waals surface area contributed by atoms with Gasteiger partial charge in [0.1, 0.15) is 0 Å². The first-order valence-corrected chi connectivity index (χ1v) is 5.26. The predicted octanol–water partition coefficient (Wildman–Crippen LogP) is -0.970. The molecule has 0 aromatic rings. The van der Waals surface area contributed by atoms with Crippen molar-refractivity contribution in [2.45, 2.75) is 19.9 Å². The number of nitrogens with two attached hydrogens (primary N) is 1. The topological polar surface area (TPSA) is 90.7 Å². The zero-order valence-electron chi connectivity index (χ0n) is 9.62. The minimum atomic E-state index is -1.25. The van der Waals surface area contributed by atoms with Crippen molar-refractivity contribution in [1.29, 1.82) is 0 Å². The van der Waals surface area contributed by atoms with E-state index in [4.69, 9.17) is 10.5 Å². The standard InChI is InChI=1S/C10H18N2O4/c1-3-16-9(14)7(11)8(13)12-4-10(2)5-15-6-10/h7H,3-6,11H2,1-2H3,(H,12,13). The summed E-state index contributed by atoms with van der Waals surface area (Å²) in [6, 6.07) is -1.25. The maximum Gasteiger partial charge on any atom is 0.332 e. The second-order valence-electron chi connectivity index (χ2n) is 4.25. The van der Waals surface area contributed by atoms with E-state index >= 15 is 0 Å². The van der Waals surface area contributed by atoms with Gasteiger partial charge in [-0.15, -0.1) is 0 Å². The van der Waals surface area contributed by atoms with Crippen molar-refractivity contribution < 1.29 is 19.1 Å². The first-order chi connectivity index (χ1) is 7.48. The lowest BCUT2D eigenvalue weighted by Gasteiger charge is -2.38. The van der Waals surface area contributed by atoms with Crippen LogP contribution in [0.25, 0.3) is 0 Å². The second kappa shape index (κ2) is 5.27. The predicted molar refractivity (Wildman–Crippen MR) is 56.5 cm³/mol. The Morgan fingerprint density at radius 1 is 1.56 bits per heavy atom. The molecule has 0 aromatic heterocycles. The summed E-state index contributed by atoms with van der Waals surface area (Å²) in [5, 5.41) is 2.62. The van der Waals surface area contributed by atoms with Crippen molar-refractivity contribution in [1.82, 2.24) is 5.32 Å². The fourth-order valence-corrected chi connectivity index (χ4v) is 1.30. The molecule has 0 spiro atoms. The molecule has 1 rings (SSSR count). The Balaban J connectivity index is 2.31. The van der Waals surface area contributed by atoms with Crippen molar-refractivity contribution in [3.05, 3.63) is 0 Å². The Morgan fingerprint density at radius 2 is 2.19 bits per heavy atom. The Kier molecular flexibility index (Phi) is 4.26. The van der Waals surface area contributed by atoms with Crippen LogP contribution in [0.1, 0.15) is 13.8 Å². The first-order valence-electron chi connectivity index (χ1n) is 5.26. The van der Waals surface area contributed by atoms with Gasteiger partial charge >= 0.3 is 5.97 Å². The maximum atomic E-state index is 11.5. The van der Waals surface area contributed by atoms with E-state index in [2.05, 4.69) is 10.1 Å². The van der Waals surface area contributed by atoms with Crippen LogP contribution in [0.2, 0.25) is 0 Å². The smallest absolute Gasteiger partial charge is 0.332 e. The van der Waals surface area contributed by atoms with Gasteiger partial charge in [0, 0.05) is 12.0 Å². The Morgan fingerprint density at radius 3 is 2.62 bits per heavy atom. The summed E-state index contributed by atoms with van der Waals surface area (Å²) in [7, 11) is 0. The summed E-state index contributed by atoms with van der Waals surface area (Å²) in [6.45, 7) is 5.55. The summed E-state index contributed by atoms with van der Waals surface area (Å²) in [4.78, 5) is 22.6. The van der Waals surface area contributed by atoms with E-state index in [1.165, 1.54) is 0 Å². The Hall–Kier alpha value is -1.14. The highest BCUT2D eigenvalue weighted by atomic mass is 16.5. The molecule has 1 atom stereocenters. The van der Waals surface area contributed by atoms with Gasteiger partial charge in [-0.3, -0.25) is 4.79 Å². The normalized spacial score (nSPS) is 19.4. The molecule has 1 aliphatic heterocycles. The Bertz CT molecular complexity index is 276. The number of amides is 1. The van der Waals surface area contributed by atoms with Gasteiger partial charge in [-0.2, -0.15) is 0 Å². The molecule has 6 nitrogen and oxygen atoms in total. The SMILES string of the molecule is CCOC(=O)C(N)C(=O)NCC1(C)COC1. The highest BCUT2D eigenvalue weighted by molar-refractivity contribution is 6.01. The molecule has 0 aromatic carbocycles. The zero-order chi connectivity index (χ0) is 12.2. The van der Waals surface area contributed by atoms with E-state index in [-0.39, 0.29) is 12.0 Å². The van der Waals surface area contributed by atoms with Gasteiger partial charge in [0.25, 0.3) is 0 Å². The highest BCUT2D eigenvalue weighted by Crippen LogP contribution is 2.24. The van der Waals surface area contributed by atoms with Crippen LogP contribution in [0, 0.1) is 5.41 Å². The molecule has 0 aliphatic carbocycles. The lowest BCUT2D eigenvalue weighted by atomic mass is 9.89. The number of carbonyl (C=O) groups excluding carboxylic acids is 2. The van der Waals surface area contributed by atoms with Gasteiger partial charge in [0.05, 0.1) is 19.8 Å². The molecule has 0 radical (unpaired) electrons. The molecule has 16 heavy (non-hydrogen) atoms. The van der Waals surface area contributed by atoms with Crippen molar-refractivity contribution in [3.63, 3.8) is 0 Å². The molecule has 1 unspecified atom stereocenters. The van der Waals surface area contributed by atoms with Crippen LogP contribution in [0.15, 0.2) is 0 Å². The second-order valence-corrected chi connectivity index (χ2v) is 4.25. The number of hydrogen-bond donors (Lipinski definition) is 2. The van der Waals surface area contributed by atoms with Gasteiger partial charge in [0.15, 0.2) is 6.04 Å². The molecular formula is C10H18N2O4. The molecule has 3 N–H and O–H groups in total. The summed E-state index contributed by atoms with van der Waals surface area (Å²) >= 11 is 0. The summed E-state index contributed by atoms with van der Waals surface area (Å²) in [5.74, 6) is -1.21. The summed E-state index contributed by atoms with van der Waals surface area (Å²) < 4.78 is 9.69. The van der Waals surface area contributed by atoms with E-state index in [9.17, 15) is 9.59 Å². The fourth-order valence-electron chi connectivity index (χ4n) is 1.30. The number of hydrogen-bond acceptors (Lipinski definition) is 5. The third-order valence-corrected chi connectivity index (χ3v) is 2.41. The van der Waals surface area contributed by atoms with Crippen LogP contribution in [0.3, 0.4) is 0 Å². The van der Waals surface area contributed by atoms with Gasteiger partial charge < -0.3 is 20.5 Å². The van der Waals surface area contributed by atoms with Crippen LogP contribution in [0.4, 0.5) is 0 Å².